The molecule has 1 aromatic heterocycles. The fourth-order valence-electron chi connectivity index (χ4n) is 2.81. The van der Waals surface area contributed by atoms with Crippen molar-refractivity contribution in [2.75, 3.05) is 5.73 Å². The van der Waals surface area contributed by atoms with E-state index < -0.39 is 17.9 Å². The zero-order chi connectivity index (χ0) is 14.4. The Morgan fingerprint density at radius 3 is 2.75 bits per heavy atom. The predicted molar refractivity (Wildman–Crippen MR) is 75.6 cm³/mol. The van der Waals surface area contributed by atoms with Crippen molar-refractivity contribution in [2.45, 2.75) is 31.7 Å². The number of nitrogens with zero attached hydrogens (tertiary/aromatic N) is 1. The van der Waals surface area contributed by atoms with Gasteiger partial charge in [0.1, 0.15) is 0 Å². The van der Waals surface area contributed by atoms with Crippen LogP contribution >= 0.6 is 11.3 Å². The number of imide groups is 1. The second-order valence-electron chi connectivity index (χ2n) is 5.17. The lowest BCUT2D eigenvalue weighted by atomic mass is 10.1. The number of carbonyl (C=O) groups excluding carboxylic acids is 3. The van der Waals surface area contributed by atoms with Crippen LogP contribution in [-0.2, 0) is 4.79 Å². The highest BCUT2D eigenvalue weighted by atomic mass is 32.1. The third kappa shape index (κ3) is 1.79. The first-order valence-corrected chi connectivity index (χ1v) is 7.33. The number of Topliss-reactive ketones (excluding diaryl/α,β-unsaturated/α-hetero) is 1. The molecule has 0 unspecified atom stereocenters. The van der Waals surface area contributed by atoms with Gasteiger partial charge in [-0.25, -0.2) is 0 Å². The molecular weight excluding hydrogens is 276 g/mol. The summed E-state index contributed by atoms with van der Waals surface area (Å²) in [5.74, 6) is -0.944. The van der Waals surface area contributed by atoms with Gasteiger partial charge in [-0.3, -0.25) is 19.3 Å². The van der Waals surface area contributed by atoms with Gasteiger partial charge in [-0.15, -0.1) is 11.3 Å². The maximum Gasteiger partial charge on any atom is 0.265 e. The largest absolute Gasteiger partial charge is 0.390 e. The zero-order valence-corrected chi connectivity index (χ0v) is 11.7. The molecule has 1 fully saturated rings. The Kier molecular flexibility index (Phi) is 2.97. The van der Waals surface area contributed by atoms with Gasteiger partial charge < -0.3 is 5.73 Å². The van der Waals surface area contributed by atoms with Crippen LogP contribution in [0.1, 0.15) is 46.4 Å². The molecule has 2 aliphatic rings. The number of allylic oxidation sites excluding steroid dienone is 1. The number of rotatable bonds is 1. The van der Waals surface area contributed by atoms with Gasteiger partial charge in [-0.1, -0.05) is 12.2 Å². The van der Waals surface area contributed by atoms with E-state index in [1.807, 2.05) is 0 Å². The molecular formula is C14H14N2O3S. The first-order chi connectivity index (χ1) is 9.50. The summed E-state index contributed by atoms with van der Waals surface area (Å²) in [6.07, 6.45) is 2.27. The van der Waals surface area contributed by atoms with Gasteiger partial charge in [0, 0.05) is 11.8 Å². The highest BCUT2D eigenvalue weighted by Gasteiger charge is 2.44. The number of fused-ring (bicyclic) bond motifs is 1. The number of nitrogens with two attached hydrogens (primary N) is 1. The molecule has 2 N–H and O–H groups in total. The van der Waals surface area contributed by atoms with Crippen molar-refractivity contribution in [2.24, 2.45) is 0 Å². The van der Waals surface area contributed by atoms with Crippen LogP contribution in [0.5, 0.6) is 0 Å². The number of amides is 2. The minimum Gasteiger partial charge on any atom is -0.390 e. The molecule has 3 rings (SSSR count). The fourth-order valence-corrected chi connectivity index (χ4v) is 3.59. The van der Waals surface area contributed by atoms with Crippen LogP contribution < -0.4 is 5.73 Å². The highest BCUT2D eigenvalue weighted by Crippen LogP contribution is 2.36. The maximum atomic E-state index is 12.4. The minimum atomic E-state index is -0.675. The molecule has 0 saturated heterocycles. The Labute approximate surface area is 120 Å². The van der Waals surface area contributed by atoms with E-state index >= 15 is 0 Å². The van der Waals surface area contributed by atoms with Gasteiger partial charge in [-0.05, 0) is 19.3 Å². The molecule has 2 amide bonds. The number of ketones is 1. The number of hydrogen-bond donors (Lipinski definition) is 1. The van der Waals surface area contributed by atoms with Gasteiger partial charge in [-0.2, -0.15) is 0 Å². The van der Waals surface area contributed by atoms with Crippen LogP contribution in [0.2, 0.25) is 0 Å². The van der Waals surface area contributed by atoms with Crippen LogP contribution in [0.25, 0.3) is 0 Å². The quantitative estimate of drug-likeness (QED) is 0.487. The van der Waals surface area contributed by atoms with Crippen molar-refractivity contribution in [3.63, 3.8) is 0 Å². The molecule has 6 heteroatoms. The Balaban J connectivity index is 1.96. The SMILES string of the molecule is C=C1CCC[C@H](N2C(=O)c3csc(N)c3C2=O)C(=O)C1. The van der Waals surface area contributed by atoms with Crippen molar-refractivity contribution in [3.8, 4) is 0 Å². The van der Waals surface area contributed by atoms with Crippen LogP contribution in [-0.4, -0.2) is 28.5 Å². The molecule has 2 heterocycles. The van der Waals surface area contributed by atoms with Gasteiger partial charge >= 0.3 is 0 Å². The van der Waals surface area contributed by atoms with E-state index in [0.29, 0.717) is 17.0 Å². The molecule has 104 valence electrons. The minimum absolute atomic E-state index is 0.110. The third-order valence-corrected chi connectivity index (χ3v) is 4.63. The van der Waals surface area contributed by atoms with Crippen molar-refractivity contribution in [1.82, 2.24) is 4.90 Å². The van der Waals surface area contributed by atoms with Gasteiger partial charge in [0.2, 0.25) is 0 Å². The average Bonchev–Trinajstić information content (AvgIpc) is 2.82. The Morgan fingerprint density at radius 1 is 1.30 bits per heavy atom. The summed E-state index contributed by atoms with van der Waals surface area (Å²) in [4.78, 5) is 38.0. The molecule has 0 spiro atoms. The fraction of sp³-hybridized carbons (Fsp3) is 0.357. The van der Waals surface area contributed by atoms with E-state index in [4.69, 9.17) is 5.73 Å². The van der Waals surface area contributed by atoms with Crippen molar-refractivity contribution in [1.29, 1.82) is 0 Å². The number of nitrogen functional groups attached to an aromatic ring is 1. The molecule has 1 saturated carbocycles. The lowest BCUT2D eigenvalue weighted by Gasteiger charge is -2.23. The number of carbonyl (C=O) groups is 3. The highest BCUT2D eigenvalue weighted by molar-refractivity contribution is 7.14. The molecule has 1 aliphatic carbocycles. The Hall–Kier alpha value is -1.95. The number of thiophene rings is 1. The van der Waals surface area contributed by atoms with Crippen LogP contribution in [0, 0.1) is 0 Å². The summed E-state index contributed by atoms with van der Waals surface area (Å²) >= 11 is 1.18. The lowest BCUT2D eigenvalue weighted by Crippen LogP contribution is -2.44. The van der Waals surface area contributed by atoms with E-state index in [-0.39, 0.29) is 17.8 Å². The molecule has 0 radical (unpaired) electrons. The van der Waals surface area contributed by atoms with E-state index in [1.165, 1.54) is 11.3 Å². The van der Waals surface area contributed by atoms with E-state index in [9.17, 15) is 14.4 Å². The van der Waals surface area contributed by atoms with Crippen LogP contribution in [0.3, 0.4) is 0 Å². The lowest BCUT2D eigenvalue weighted by molar-refractivity contribution is -0.122. The summed E-state index contributed by atoms with van der Waals surface area (Å²) in [5, 5.41) is 1.93. The smallest absolute Gasteiger partial charge is 0.265 e. The summed E-state index contributed by atoms with van der Waals surface area (Å²) < 4.78 is 0. The van der Waals surface area contributed by atoms with Crippen molar-refractivity contribution < 1.29 is 14.4 Å². The van der Waals surface area contributed by atoms with Crippen molar-refractivity contribution in [3.05, 3.63) is 28.7 Å². The van der Waals surface area contributed by atoms with Gasteiger partial charge in [0.15, 0.2) is 5.78 Å². The second-order valence-corrected chi connectivity index (χ2v) is 6.08. The first-order valence-electron chi connectivity index (χ1n) is 6.45. The summed E-state index contributed by atoms with van der Waals surface area (Å²) in [7, 11) is 0. The monoisotopic (exact) mass is 290 g/mol. The molecule has 1 atom stereocenters. The summed E-state index contributed by atoms with van der Waals surface area (Å²) in [5.41, 5.74) is 7.20. The first kappa shape index (κ1) is 13.1. The topological polar surface area (TPSA) is 80.5 Å². The summed E-state index contributed by atoms with van der Waals surface area (Å²) in [6.45, 7) is 3.84. The van der Waals surface area contributed by atoms with Gasteiger partial charge in [0.25, 0.3) is 11.8 Å². The molecule has 1 aromatic rings. The molecule has 5 nitrogen and oxygen atoms in total. The third-order valence-electron chi connectivity index (χ3n) is 3.82. The van der Waals surface area contributed by atoms with E-state index in [2.05, 4.69) is 6.58 Å². The predicted octanol–water partition coefficient (Wildman–Crippen LogP) is 1.99. The van der Waals surface area contributed by atoms with Gasteiger partial charge in [0.05, 0.1) is 22.2 Å². The van der Waals surface area contributed by atoms with Crippen LogP contribution in [0.4, 0.5) is 5.00 Å². The number of hydrogen-bond acceptors (Lipinski definition) is 5. The van der Waals surface area contributed by atoms with E-state index in [0.717, 1.165) is 23.3 Å². The molecule has 1 aliphatic heterocycles. The zero-order valence-electron chi connectivity index (χ0n) is 10.8. The Morgan fingerprint density at radius 2 is 2.05 bits per heavy atom. The molecule has 0 bridgehead atoms. The summed E-state index contributed by atoms with van der Waals surface area (Å²) in [6, 6.07) is -0.675. The normalized spacial score (nSPS) is 23.2. The van der Waals surface area contributed by atoms with E-state index in [1.54, 1.807) is 5.38 Å². The second kappa shape index (κ2) is 4.56. The molecule has 20 heavy (non-hydrogen) atoms. The standard InChI is InChI=1S/C14H14N2O3S/c1-7-3-2-4-9(10(17)5-7)16-13(18)8-6-20-12(15)11(8)14(16)19/h6,9H,1-5,15H2/t9-/m0/s1. The maximum absolute atomic E-state index is 12.4. The average molecular weight is 290 g/mol. The number of anilines is 1. The molecule has 0 aromatic carbocycles. The Bertz CT molecular complexity index is 647. The van der Waals surface area contributed by atoms with Crippen LogP contribution in [0.15, 0.2) is 17.5 Å². The van der Waals surface area contributed by atoms with Crippen molar-refractivity contribution >= 4 is 33.9 Å².